The normalized spacial score (nSPS) is 20.9. The van der Waals surface area contributed by atoms with E-state index in [2.05, 4.69) is 20.7 Å². The number of nitrogens with zero attached hydrogens (tertiary/aromatic N) is 2. The van der Waals surface area contributed by atoms with Crippen LogP contribution in [0.4, 0.5) is 26.3 Å². The fourth-order valence-electron chi connectivity index (χ4n) is 4.33. The van der Waals surface area contributed by atoms with Gasteiger partial charge in [0.1, 0.15) is 5.75 Å². The van der Waals surface area contributed by atoms with Crippen LogP contribution in [0.2, 0.25) is 0 Å². The van der Waals surface area contributed by atoms with E-state index >= 15 is 0 Å². The molecule has 0 bridgehead atoms. The minimum Gasteiger partial charge on any atom is -0.493 e. The van der Waals surface area contributed by atoms with Gasteiger partial charge in [0.2, 0.25) is 0 Å². The summed E-state index contributed by atoms with van der Waals surface area (Å²) < 4.78 is 88.3. The molecule has 0 radical (unpaired) electrons. The highest BCUT2D eigenvalue weighted by molar-refractivity contribution is 5.29. The Morgan fingerprint density at radius 2 is 1.39 bits per heavy atom. The van der Waals surface area contributed by atoms with Crippen LogP contribution in [-0.2, 0) is 23.7 Å². The van der Waals surface area contributed by atoms with E-state index in [9.17, 15) is 26.3 Å². The number of hydrogen-bond acceptors (Lipinski definition) is 5. The molecule has 1 saturated heterocycles. The number of piperidine rings is 1. The molecule has 1 fully saturated rings. The molecular formula is C24H24F6N4O2. The highest BCUT2D eigenvalue weighted by atomic mass is 19.4. The van der Waals surface area contributed by atoms with Crippen LogP contribution >= 0.6 is 0 Å². The monoisotopic (exact) mass is 514 g/mol. The van der Waals surface area contributed by atoms with E-state index in [-0.39, 0.29) is 31.0 Å². The molecule has 0 saturated carbocycles. The molecule has 3 atom stereocenters. The maximum absolute atomic E-state index is 12.8. The standard InChI is InChI=1S/C24H24F6N4O2/c25-23(26,27)18-3-1-15(2-4-18)12-35-13-16-9-31-10-17(22(16)21-11-32-34-33-21)14-36-20-7-5-19(6-8-20)24(28,29)30/h1-8,11,16-17,22,31H,9-10,12-14H2,(H,32,33,34). The molecule has 1 aromatic heterocycles. The zero-order valence-corrected chi connectivity index (χ0v) is 18.9. The van der Waals surface area contributed by atoms with Crippen molar-refractivity contribution < 1.29 is 35.8 Å². The van der Waals surface area contributed by atoms with Gasteiger partial charge in [0.25, 0.3) is 0 Å². The number of aromatic nitrogens is 3. The van der Waals surface area contributed by atoms with Gasteiger partial charge in [-0.25, -0.2) is 0 Å². The van der Waals surface area contributed by atoms with Crippen LogP contribution in [0.25, 0.3) is 0 Å². The van der Waals surface area contributed by atoms with E-state index in [4.69, 9.17) is 9.47 Å². The first-order valence-electron chi connectivity index (χ1n) is 11.2. The zero-order chi connectivity index (χ0) is 25.8. The Kier molecular flexibility index (Phi) is 7.84. The number of hydrogen-bond donors (Lipinski definition) is 2. The largest absolute Gasteiger partial charge is 0.493 e. The van der Waals surface area contributed by atoms with Crippen molar-refractivity contribution in [3.05, 3.63) is 77.1 Å². The number of benzene rings is 2. The van der Waals surface area contributed by atoms with Gasteiger partial charge in [0.05, 0.1) is 42.8 Å². The van der Waals surface area contributed by atoms with Crippen LogP contribution in [0.5, 0.6) is 5.75 Å². The molecule has 12 heteroatoms. The van der Waals surface area contributed by atoms with E-state index in [1.165, 1.54) is 24.3 Å². The second-order valence-corrected chi connectivity index (χ2v) is 8.64. The highest BCUT2D eigenvalue weighted by Gasteiger charge is 2.37. The van der Waals surface area contributed by atoms with Gasteiger partial charge in [-0.2, -0.15) is 41.8 Å². The maximum atomic E-state index is 12.8. The molecule has 194 valence electrons. The summed E-state index contributed by atoms with van der Waals surface area (Å²) >= 11 is 0. The Labute approximate surface area is 203 Å². The number of H-pyrrole nitrogens is 1. The SMILES string of the molecule is FC(F)(F)c1ccc(COCC2CNCC(COc3ccc(C(F)(F)F)cc3)C2c2cn[nH]n2)cc1. The van der Waals surface area contributed by atoms with Crippen molar-refractivity contribution >= 4 is 0 Å². The van der Waals surface area contributed by atoms with E-state index in [0.29, 0.717) is 36.7 Å². The topological polar surface area (TPSA) is 72.1 Å². The average Bonchev–Trinajstić information content (AvgIpc) is 3.37. The smallest absolute Gasteiger partial charge is 0.416 e. The first-order chi connectivity index (χ1) is 17.1. The molecule has 6 nitrogen and oxygen atoms in total. The Morgan fingerprint density at radius 3 is 1.94 bits per heavy atom. The predicted molar refractivity (Wildman–Crippen MR) is 117 cm³/mol. The average molecular weight is 514 g/mol. The number of aromatic amines is 1. The fraction of sp³-hybridized carbons (Fsp3) is 0.417. The third kappa shape index (κ3) is 6.55. The Morgan fingerprint density at radius 1 is 0.806 bits per heavy atom. The molecule has 0 amide bonds. The molecule has 3 aromatic rings. The van der Waals surface area contributed by atoms with Gasteiger partial charge in [-0.3, -0.25) is 0 Å². The summed E-state index contributed by atoms with van der Waals surface area (Å²) in [7, 11) is 0. The van der Waals surface area contributed by atoms with Gasteiger partial charge in [0.15, 0.2) is 0 Å². The summed E-state index contributed by atoms with van der Waals surface area (Å²) in [6, 6.07) is 9.34. The molecule has 0 spiro atoms. The van der Waals surface area contributed by atoms with Crippen molar-refractivity contribution in [2.75, 3.05) is 26.3 Å². The second kappa shape index (κ2) is 10.9. The van der Waals surface area contributed by atoms with E-state index in [0.717, 1.165) is 24.3 Å². The van der Waals surface area contributed by atoms with Crippen LogP contribution < -0.4 is 10.1 Å². The minimum atomic E-state index is -4.42. The van der Waals surface area contributed by atoms with Crippen LogP contribution in [-0.4, -0.2) is 41.7 Å². The Bertz CT molecular complexity index is 1090. The fourth-order valence-corrected chi connectivity index (χ4v) is 4.33. The summed E-state index contributed by atoms with van der Waals surface area (Å²) in [6.45, 7) is 1.88. The molecule has 36 heavy (non-hydrogen) atoms. The number of nitrogens with one attached hydrogen (secondary N) is 2. The van der Waals surface area contributed by atoms with Crippen LogP contribution in [0, 0.1) is 11.8 Å². The molecule has 2 N–H and O–H groups in total. The van der Waals surface area contributed by atoms with Crippen molar-refractivity contribution in [2.45, 2.75) is 24.9 Å². The first-order valence-corrected chi connectivity index (χ1v) is 11.2. The van der Waals surface area contributed by atoms with Crippen molar-refractivity contribution in [1.82, 2.24) is 20.7 Å². The molecular weight excluding hydrogens is 490 g/mol. The second-order valence-electron chi connectivity index (χ2n) is 8.64. The number of halogens is 6. The summed E-state index contributed by atoms with van der Waals surface area (Å²) in [6.07, 6.45) is -7.20. The highest BCUT2D eigenvalue weighted by Crippen LogP contribution is 2.35. The van der Waals surface area contributed by atoms with Gasteiger partial charge < -0.3 is 14.8 Å². The minimum absolute atomic E-state index is 0.0421. The summed E-state index contributed by atoms with van der Waals surface area (Å²) in [5.41, 5.74) is -0.141. The molecule has 2 aromatic carbocycles. The number of ether oxygens (including phenoxy) is 2. The molecule has 4 rings (SSSR count). The lowest BCUT2D eigenvalue weighted by Gasteiger charge is -2.37. The van der Waals surface area contributed by atoms with Crippen LogP contribution in [0.1, 0.15) is 28.3 Å². The lowest BCUT2D eigenvalue weighted by molar-refractivity contribution is -0.138. The maximum Gasteiger partial charge on any atom is 0.416 e. The Balaban J connectivity index is 1.38. The van der Waals surface area contributed by atoms with Gasteiger partial charge in [-0.1, -0.05) is 12.1 Å². The lowest BCUT2D eigenvalue weighted by Crippen LogP contribution is -2.46. The lowest BCUT2D eigenvalue weighted by atomic mass is 9.77. The molecule has 1 aliphatic heterocycles. The molecule has 0 aliphatic carbocycles. The van der Waals surface area contributed by atoms with Crippen LogP contribution in [0.3, 0.4) is 0 Å². The molecule has 1 aliphatic rings. The van der Waals surface area contributed by atoms with Gasteiger partial charge in [-0.15, -0.1) is 0 Å². The summed E-state index contributed by atoms with van der Waals surface area (Å²) in [5, 5.41) is 14.0. The van der Waals surface area contributed by atoms with E-state index < -0.39 is 23.5 Å². The summed E-state index contributed by atoms with van der Waals surface area (Å²) in [4.78, 5) is 0. The predicted octanol–water partition coefficient (Wildman–Crippen LogP) is 5.06. The number of alkyl halides is 6. The third-order valence-corrected chi connectivity index (χ3v) is 6.13. The Hall–Kier alpha value is -3.12. The van der Waals surface area contributed by atoms with Crippen molar-refractivity contribution in [3.8, 4) is 5.75 Å². The van der Waals surface area contributed by atoms with Crippen molar-refractivity contribution in [2.24, 2.45) is 11.8 Å². The van der Waals surface area contributed by atoms with Gasteiger partial charge in [0, 0.05) is 30.8 Å². The first kappa shape index (κ1) is 26.0. The van der Waals surface area contributed by atoms with Crippen LogP contribution in [0.15, 0.2) is 54.7 Å². The zero-order valence-electron chi connectivity index (χ0n) is 18.9. The van der Waals surface area contributed by atoms with Gasteiger partial charge in [-0.05, 0) is 42.0 Å². The number of rotatable bonds is 8. The summed E-state index contributed by atoms with van der Waals surface area (Å²) in [5.74, 6) is 0.0833. The molecule has 3 unspecified atom stereocenters. The van der Waals surface area contributed by atoms with E-state index in [1.54, 1.807) is 6.20 Å². The van der Waals surface area contributed by atoms with Crippen molar-refractivity contribution in [3.63, 3.8) is 0 Å². The molecule has 2 heterocycles. The third-order valence-electron chi connectivity index (χ3n) is 6.13. The van der Waals surface area contributed by atoms with Crippen molar-refractivity contribution in [1.29, 1.82) is 0 Å². The van der Waals surface area contributed by atoms with Gasteiger partial charge >= 0.3 is 12.4 Å². The van der Waals surface area contributed by atoms with E-state index in [1.807, 2.05) is 0 Å². The quantitative estimate of drug-likeness (QED) is 0.412.